The van der Waals surface area contributed by atoms with Gasteiger partial charge in [-0.3, -0.25) is 13.7 Å². The summed E-state index contributed by atoms with van der Waals surface area (Å²) in [6, 6.07) is 0. The van der Waals surface area contributed by atoms with Gasteiger partial charge < -0.3 is 37.4 Å². The number of halogens is 2. The number of aromatic nitrogens is 8. The first-order valence-electron chi connectivity index (χ1n) is 15.0. The highest BCUT2D eigenvalue weighted by atomic mass is 32.5. The van der Waals surface area contributed by atoms with E-state index in [1.807, 2.05) is 0 Å². The van der Waals surface area contributed by atoms with Crippen LogP contribution in [0, 0.1) is 0 Å². The fourth-order valence-corrected chi connectivity index (χ4v) is 8.78. The van der Waals surface area contributed by atoms with Crippen LogP contribution in [0.5, 0.6) is 11.8 Å². The van der Waals surface area contributed by atoms with Gasteiger partial charge in [0, 0.05) is 6.66 Å². The second-order valence-electron chi connectivity index (χ2n) is 11.2. The van der Waals surface area contributed by atoms with Crippen LogP contribution >= 0.6 is 13.2 Å². The van der Waals surface area contributed by atoms with Gasteiger partial charge in [-0.2, -0.15) is 9.97 Å². The topological polar surface area (TPSA) is 181 Å². The van der Waals surface area contributed by atoms with Crippen molar-refractivity contribution >= 4 is 59.2 Å². The molecule has 10 atom stereocenters. The molecule has 3 fully saturated rings. The Morgan fingerprint density at radius 1 is 0.820 bits per heavy atom. The predicted molar refractivity (Wildman–Crippen MR) is 178 cm³/mol. The van der Waals surface area contributed by atoms with E-state index in [1.54, 1.807) is 0 Å². The minimum absolute atomic E-state index is 0.157. The van der Waals surface area contributed by atoms with Crippen molar-refractivity contribution < 1.29 is 50.7 Å². The number of fused-ring (bicyclic) bond motifs is 4. The molecule has 0 saturated carbocycles. The largest absolute Gasteiger partial charge is 0.472 e. The van der Waals surface area contributed by atoms with Gasteiger partial charge in [0.1, 0.15) is 50.3 Å². The molecular weight excluding hydrogens is 744 g/mol. The summed E-state index contributed by atoms with van der Waals surface area (Å²) in [4.78, 5) is 36.3. The Morgan fingerprint density at radius 3 is 1.80 bits per heavy atom. The van der Waals surface area contributed by atoms with E-state index in [2.05, 4.69) is 43.1 Å². The lowest BCUT2D eigenvalue weighted by Gasteiger charge is -2.30. The summed E-state index contributed by atoms with van der Waals surface area (Å²) in [7, 11) is 0. The number of hydrogen-bond donors (Lipinski definition) is 1. The molecule has 17 nitrogen and oxygen atoms in total. The van der Waals surface area contributed by atoms with E-state index < -0.39 is 69.0 Å². The molecule has 0 aliphatic carbocycles. The van der Waals surface area contributed by atoms with Gasteiger partial charge in [0.05, 0.1) is 25.9 Å². The normalized spacial score (nSPS) is 34.8. The van der Waals surface area contributed by atoms with Crippen LogP contribution in [0.2, 0.25) is 0 Å². The number of alkyl halides is 2. The molecule has 4 aromatic heterocycles. The van der Waals surface area contributed by atoms with E-state index >= 15 is 8.78 Å². The quantitative estimate of drug-likeness (QED) is 0.203. The van der Waals surface area contributed by atoms with Crippen molar-refractivity contribution in [2.45, 2.75) is 49.2 Å². The van der Waals surface area contributed by atoms with E-state index in [0.717, 1.165) is 0 Å². The summed E-state index contributed by atoms with van der Waals surface area (Å²) in [5.74, 6) is 0.329. The van der Waals surface area contributed by atoms with Gasteiger partial charge in [-0.15, -0.1) is 0 Å². The minimum Gasteiger partial charge on any atom is -0.472 e. The van der Waals surface area contributed by atoms with Crippen LogP contribution < -0.4 is 9.47 Å². The lowest BCUT2D eigenvalue weighted by atomic mass is 10.1. The molecule has 3 aliphatic rings. The Morgan fingerprint density at radius 2 is 1.30 bits per heavy atom. The summed E-state index contributed by atoms with van der Waals surface area (Å²) in [6.45, 7) is 0.672. The van der Waals surface area contributed by atoms with Crippen LogP contribution in [0.1, 0.15) is 12.5 Å². The van der Waals surface area contributed by atoms with Crippen LogP contribution in [0.4, 0.5) is 8.78 Å². The van der Waals surface area contributed by atoms with Gasteiger partial charge in [-0.1, -0.05) is 25.3 Å². The lowest BCUT2D eigenvalue weighted by Crippen LogP contribution is -2.37. The van der Waals surface area contributed by atoms with E-state index in [0.29, 0.717) is 0 Å². The zero-order valence-corrected chi connectivity index (χ0v) is 29.5. The highest BCUT2D eigenvalue weighted by Gasteiger charge is 2.53. The number of nitrogens with zero attached hydrogens (tertiary/aromatic N) is 8. The maximum atomic E-state index is 16.3. The van der Waals surface area contributed by atoms with E-state index in [9.17, 15) is 4.89 Å². The molecule has 0 radical (unpaired) electrons. The number of imidazole rings is 2. The third-order valence-electron chi connectivity index (χ3n) is 7.85. The van der Waals surface area contributed by atoms with Crippen molar-refractivity contribution in [2.75, 3.05) is 33.1 Å². The molecule has 0 amide bonds. The molecular formula is C27H30F2N8O9P2S2. The van der Waals surface area contributed by atoms with Gasteiger partial charge in [0.25, 0.3) is 0 Å². The van der Waals surface area contributed by atoms with E-state index in [-0.39, 0.29) is 53.9 Å². The van der Waals surface area contributed by atoms with Crippen molar-refractivity contribution in [2.24, 2.45) is 0 Å². The smallest absolute Gasteiger partial charge is 0.325 e. The minimum atomic E-state index is -4.22. The van der Waals surface area contributed by atoms with E-state index in [1.165, 1.54) is 53.3 Å². The number of ether oxygens (including phenoxy) is 4. The second kappa shape index (κ2) is 14.2. The van der Waals surface area contributed by atoms with Gasteiger partial charge in [0.2, 0.25) is 11.8 Å². The Hall–Kier alpha value is -2.94. The summed E-state index contributed by atoms with van der Waals surface area (Å²) < 4.78 is 81.9. The first kappa shape index (κ1) is 35.5. The molecule has 1 N–H and O–H groups in total. The molecule has 3 saturated heterocycles. The number of hydrogen-bond acceptors (Lipinski definition) is 16. The van der Waals surface area contributed by atoms with Crippen molar-refractivity contribution in [3.8, 4) is 11.8 Å². The molecule has 4 unspecified atom stereocenters. The van der Waals surface area contributed by atoms with Crippen molar-refractivity contribution in [3.05, 3.63) is 50.6 Å². The monoisotopic (exact) mass is 774 g/mol. The van der Waals surface area contributed by atoms with Gasteiger partial charge in [0.15, 0.2) is 53.6 Å². The van der Waals surface area contributed by atoms with Gasteiger partial charge in [-0.05, 0) is 23.6 Å². The van der Waals surface area contributed by atoms with Crippen LogP contribution in [0.15, 0.2) is 50.6 Å². The summed E-state index contributed by atoms with van der Waals surface area (Å²) in [5, 5.41) is 0. The zero-order valence-electron chi connectivity index (χ0n) is 26.1. The maximum Gasteiger partial charge on any atom is 0.325 e. The molecule has 7 heterocycles. The van der Waals surface area contributed by atoms with Gasteiger partial charge >= 0.3 is 6.72 Å². The molecule has 0 bridgehead atoms. The second-order valence-corrected chi connectivity index (χ2v) is 18.0. The van der Waals surface area contributed by atoms with Crippen LogP contribution in [-0.2, 0) is 51.2 Å². The Bertz CT molecular complexity index is 1870. The standard InChI is InChI=1S/C27H30F2N8O9P2S2/c1-4-6-39-24-18-22(30-10-32-24)36(12-34-18)26-16(28)20-15(44-26)9-42-48(38,50)46-21-14(8-41-47(3,49)45-20)43-27(17(21)29)37-13-35-19-23(37)31-11-33-25(19)40-7-5-2/h4-5,10-17,20-21,26-27H,1-2,6-9H2,3H3,(H,38,50)/t14-,15-,16-,17-,20?,21?,26-,27-,47?,48?/m1/s1. The average molecular weight is 775 g/mol. The van der Waals surface area contributed by atoms with Crippen LogP contribution in [-0.4, -0.2) is 114 Å². The summed E-state index contributed by atoms with van der Waals surface area (Å²) >= 11 is 10.9. The molecule has 3 aliphatic heterocycles. The Kier molecular flexibility index (Phi) is 10.1. The fraction of sp³-hybridized carbons (Fsp3) is 0.481. The lowest BCUT2D eigenvalue weighted by molar-refractivity contribution is -0.0549. The van der Waals surface area contributed by atoms with Gasteiger partial charge in [-0.25, -0.2) is 28.7 Å². The van der Waals surface area contributed by atoms with Crippen LogP contribution in [0.25, 0.3) is 22.3 Å². The van der Waals surface area contributed by atoms with Crippen molar-refractivity contribution in [1.82, 2.24) is 39.0 Å². The molecule has 23 heteroatoms. The number of rotatable bonds is 8. The maximum absolute atomic E-state index is 16.3. The fourth-order valence-electron chi connectivity index (χ4n) is 5.69. The molecule has 268 valence electrons. The molecule has 7 rings (SSSR count). The van der Waals surface area contributed by atoms with Crippen LogP contribution in [0.3, 0.4) is 0 Å². The zero-order chi connectivity index (χ0) is 35.2. The molecule has 0 spiro atoms. The van der Waals surface area contributed by atoms with E-state index in [4.69, 9.17) is 60.7 Å². The highest BCUT2D eigenvalue weighted by molar-refractivity contribution is 8.09. The Balaban J connectivity index is 1.14. The Labute approximate surface area is 293 Å². The predicted octanol–water partition coefficient (Wildman–Crippen LogP) is 3.24. The van der Waals surface area contributed by atoms with Crippen molar-refractivity contribution in [1.29, 1.82) is 0 Å². The third-order valence-corrected chi connectivity index (χ3v) is 11.2. The summed E-state index contributed by atoms with van der Waals surface area (Å²) in [6.07, 6.45) is -3.47. The van der Waals surface area contributed by atoms with Crippen molar-refractivity contribution in [3.63, 3.8) is 0 Å². The third kappa shape index (κ3) is 6.84. The molecule has 50 heavy (non-hydrogen) atoms. The first-order chi connectivity index (χ1) is 24.0. The summed E-state index contributed by atoms with van der Waals surface area (Å²) in [5.41, 5.74) is 0.947. The highest BCUT2D eigenvalue weighted by Crippen LogP contribution is 2.55. The first-order valence-corrected chi connectivity index (χ1v) is 20.7. The molecule has 4 aromatic rings. The molecule has 0 aromatic carbocycles. The average Bonchev–Trinajstić information content (AvgIpc) is 3.85. The SMILES string of the molecule is C=CCOc1ncnc2c1ncn2[C@@H]1O[C@@H]2COP(O)(=S)OC3[C@@H](F)[C@H](n4cnc5c(OCC=C)ncnc54)O[C@@H]3COP(C)(=S)OC2[C@H]1F.